The van der Waals surface area contributed by atoms with E-state index in [1.165, 1.54) is 6.42 Å². The summed E-state index contributed by atoms with van der Waals surface area (Å²) >= 11 is 0. The summed E-state index contributed by atoms with van der Waals surface area (Å²) in [6.07, 6.45) is 6.33. The predicted molar refractivity (Wildman–Crippen MR) is 101 cm³/mol. The Bertz CT molecular complexity index is 606. The molecular weight excluding hydrogens is 336 g/mol. The zero-order valence-corrected chi connectivity index (χ0v) is 17.1. The van der Waals surface area contributed by atoms with E-state index in [0.29, 0.717) is 23.8 Å². The lowest BCUT2D eigenvalue weighted by molar-refractivity contribution is -0.194. The Labute approximate surface area is 153 Å². The van der Waals surface area contributed by atoms with Crippen molar-refractivity contribution in [2.24, 2.45) is 17.3 Å². The van der Waals surface area contributed by atoms with Crippen molar-refractivity contribution in [3.8, 4) is 0 Å². The van der Waals surface area contributed by atoms with Gasteiger partial charge in [0.05, 0.1) is 5.75 Å². The molecule has 4 aliphatic carbocycles. The largest absolute Gasteiger partial charge is 0.456 e. The molecule has 0 aromatic carbocycles. The molecule has 25 heavy (non-hydrogen) atoms. The molecule has 2 unspecified atom stereocenters. The first-order valence-electron chi connectivity index (χ1n) is 9.76. The van der Waals surface area contributed by atoms with Gasteiger partial charge < -0.3 is 4.74 Å². The molecule has 4 bridgehead atoms. The smallest absolute Gasteiger partial charge is 0.333 e. The van der Waals surface area contributed by atoms with Crippen LogP contribution in [0.5, 0.6) is 0 Å². The van der Waals surface area contributed by atoms with Crippen LogP contribution in [0.25, 0.3) is 0 Å². The highest BCUT2D eigenvalue weighted by Crippen LogP contribution is 2.63. The first-order chi connectivity index (χ1) is 11.7. The molecule has 0 aromatic rings. The standard InChI is InChI=1S/C18H28O4S.C2H6/c1-4-5-23(20,21)12-17-7-14-6-15(8-17)10-18(9-14,11-17)22-16(19)13(2)3;1-2/h14-15H,2,4-12H2,1,3H3;1-2H3. The minimum Gasteiger partial charge on any atom is -0.456 e. The van der Waals surface area contributed by atoms with Gasteiger partial charge >= 0.3 is 5.97 Å². The molecule has 4 saturated carbocycles. The monoisotopic (exact) mass is 370 g/mol. The van der Waals surface area contributed by atoms with Crippen molar-refractivity contribution in [2.75, 3.05) is 11.5 Å². The van der Waals surface area contributed by atoms with E-state index in [9.17, 15) is 13.2 Å². The van der Waals surface area contributed by atoms with E-state index in [1.807, 2.05) is 20.8 Å². The average molecular weight is 371 g/mol. The third-order valence-corrected chi connectivity index (χ3v) is 7.91. The summed E-state index contributed by atoms with van der Waals surface area (Å²) in [4.78, 5) is 12.1. The first-order valence-corrected chi connectivity index (χ1v) is 11.6. The van der Waals surface area contributed by atoms with Crippen LogP contribution >= 0.6 is 0 Å². The normalized spacial score (nSPS) is 35.7. The second kappa shape index (κ2) is 7.42. The van der Waals surface area contributed by atoms with Gasteiger partial charge in [-0.25, -0.2) is 13.2 Å². The van der Waals surface area contributed by atoms with E-state index >= 15 is 0 Å². The van der Waals surface area contributed by atoms with Gasteiger partial charge in [-0.15, -0.1) is 0 Å². The number of carbonyl (C=O) groups excluding carboxylic acids is 1. The van der Waals surface area contributed by atoms with Crippen molar-refractivity contribution in [2.45, 2.75) is 78.2 Å². The minimum atomic E-state index is -3.02. The lowest BCUT2D eigenvalue weighted by Gasteiger charge is -2.61. The molecule has 4 aliphatic rings. The highest BCUT2D eigenvalue weighted by atomic mass is 32.2. The molecule has 0 heterocycles. The molecule has 144 valence electrons. The Kier molecular flexibility index (Phi) is 6.07. The van der Waals surface area contributed by atoms with Crippen molar-refractivity contribution in [1.29, 1.82) is 0 Å². The van der Waals surface area contributed by atoms with E-state index in [0.717, 1.165) is 32.1 Å². The second-order valence-corrected chi connectivity index (χ2v) is 10.6. The van der Waals surface area contributed by atoms with Crippen molar-refractivity contribution in [3.05, 3.63) is 12.2 Å². The summed E-state index contributed by atoms with van der Waals surface area (Å²) in [7, 11) is -3.02. The highest BCUT2D eigenvalue weighted by molar-refractivity contribution is 7.91. The summed E-state index contributed by atoms with van der Waals surface area (Å²) in [6, 6.07) is 0. The summed E-state index contributed by atoms with van der Waals surface area (Å²) in [5.41, 5.74) is -0.191. The van der Waals surface area contributed by atoms with Gasteiger partial charge in [-0.3, -0.25) is 0 Å². The van der Waals surface area contributed by atoms with Crippen LogP contribution < -0.4 is 0 Å². The van der Waals surface area contributed by atoms with Crippen LogP contribution in [0.1, 0.15) is 72.6 Å². The van der Waals surface area contributed by atoms with Crippen LogP contribution in [0.2, 0.25) is 0 Å². The average Bonchev–Trinajstić information content (AvgIpc) is 2.45. The van der Waals surface area contributed by atoms with Gasteiger partial charge in [0.2, 0.25) is 0 Å². The van der Waals surface area contributed by atoms with E-state index in [-0.39, 0.29) is 22.9 Å². The number of ether oxygens (including phenoxy) is 1. The molecule has 0 amide bonds. The van der Waals surface area contributed by atoms with E-state index in [2.05, 4.69) is 6.58 Å². The van der Waals surface area contributed by atoms with E-state index in [4.69, 9.17) is 4.74 Å². The van der Waals surface area contributed by atoms with Gasteiger partial charge in [-0.05, 0) is 69.1 Å². The Morgan fingerprint density at radius 2 is 1.72 bits per heavy atom. The SMILES string of the molecule is C=C(C)C(=O)OC12CC3CC(CC(CS(=O)(=O)CCC)(C3)C1)C2.CC. The van der Waals surface area contributed by atoms with Crippen LogP contribution in [-0.2, 0) is 19.4 Å². The topological polar surface area (TPSA) is 60.4 Å². The molecule has 2 atom stereocenters. The molecule has 0 aromatic heterocycles. The molecule has 0 radical (unpaired) electrons. The van der Waals surface area contributed by atoms with Gasteiger partial charge in [-0.1, -0.05) is 27.4 Å². The van der Waals surface area contributed by atoms with Crippen LogP contribution in [0.3, 0.4) is 0 Å². The Hall–Kier alpha value is -0.840. The molecule has 4 fully saturated rings. The quantitative estimate of drug-likeness (QED) is 0.517. The van der Waals surface area contributed by atoms with Crippen LogP contribution in [0.15, 0.2) is 12.2 Å². The molecule has 4 rings (SSSR count). The van der Waals surface area contributed by atoms with Gasteiger partial charge in [0.25, 0.3) is 0 Å². The first kappa shape index (κ1) is 20.5. The number of hydrogen-bond donors (Lipinski definition) is 0. The highest BCUT2D eigenvalue weighted by Gasteiger charge is 2.60. The van der Waals surface area contributed by atoms with E-state index < -0.39 is 15.4 Å². The summed E-state index contributed by atoms with van der Waals surface area (Å²) in [5, 5.41) is 0. The summed E-state index contributed by atoms with van der Waals surface area (Å²) in [6.45, 7) is 11.3. The van der Waals surface area contributed by atoms with E-state index in [1.54, 1.807) is 6.92 Å². The van der Waals surface area contributed by atoms with Crippen LogP contribution in [0, 0.1) is 17.3 Å². The molecule has 0 spiro atoms. The molecule has 4 nitrogen and oxygen atoms in total. The third kappa shape index (κ3) is 4.47. The number of sulfone groups is 1. The maximum Gasteiger partial charge on any atom is 0.333 e. The van der Waals surface area contributed by atoms with Crippen molar-refractivity contribution < 1.29 is 17.9 Å². The molecule has 5 heteroatoms. The molecule has 0 N–H and O–H groups in total. The number of carbonyl (C=O) groups is 1. The van der Waals surface area contributed by atoms with Crippen LogP contribution in [-0.4, -0.2) is 31.5 Å². The number of hydrogen-bond acceptors (Lipinski definition) is 4. The fourth-order valence-corrected chi connectivity index (χ4v) is 7.82. The van der Waals surface area contributed by atoms with Gasteiger partial charge in [0.1, 0.15) is 5.60 Å². The van der Waals surface area contributed by atoms with Gasteiger partial charge in [0, 0.05) is 11.3 Å². The second-order valence-electron chi connectivity index (χ2n) is 8.41. The summed E-state index contributed by atoms with van der Waals surface area (Å²) < 4.78 is 30.7. The Morgan fingerprint density at radius 1 is 1.16 bits per heavy atom. The van der Waals surface area contributed by atoms with Crippen LogP contribution in [0.4, 0.5) is 0 Å². The lowest BCUT2D eigenvalue weighted by Crippen LogP contribution is -2.59. The van der Waals surface area contributed by atoms with Crippen molar-refractivity contribution in [3.63, 3.8) is 0 Å². The third-order valence-electron chi connectivity index (χ3n) is 5.83. The maximum absolute atomic E-state index is 12.4. The predicted octanol–water partition coefficient (Wildman–Crippen LogP) is 4.30. The minimum absolute atomic E-state index is 0.173. The number of rotatable bonds is 6. The number of esters is 1. The Balaban J connectivity index is 0.00000109. The zero-order chi connectivity index (χ0) is 18.9. The molecule has 0 saturated heterocycles. The fraction of sp³-hybridized carbons (Fsp3) is 0.850. The fourth-order valence-electron chi connectivity index (χ4n) is 5.79. The zero-order valence-electron chi connectivity index (χ0n) is 16.3. The Morgan fingerprint density at radius 3 is 2.20 bits per heavy atom. The molecular formula is C20H34O4S. The maximum atomic E-state index is 12.4. The lowest BCUT2D eigenvalue weighted by atomic mass is 9.48. The molecule has 0 aliphatic heterocycles. The van der Waals surface area contributed by atoms with Gasteiger partial charge in [-0.2, -0.15) is 0 Å². The van der Waals surface area contributed by atoms with Crippen molar-refractivity contribution >= 4 is 15.8 Å². The van der Waals surface area contributed by atoms with Crippen molar-refractivity contribution in [1.82, 2.24) is 0 Å². The van der Waals surface area contributed by atoms with Gasteiger partial charge in [0.15, 0.2) is 9.84 Å². The summed E-state index contributed by atoms with van der Waals surface area (Å²) in [5.74, 6) is 1.23.